The van der Waals surface area contributed by atoms with E-state index >= 15 is 0 Å². The molecule has 1 fully saturated rings. The van der Waals surface area contributed by atoms with E-state index in [1.165, 1.54) is 5.69 Å². The van der Waals surface area contributed by atoms with Crippen LogP contribution in [0.5, 0.6) is 0 Å². The monoisotopic (exact) mass is 220 g/mol. The van der Waals surface area contributed by atoms with E-state index < -0.39 is 0 Å². The lowest BCUT2D eigenvalue weighted by atomic mass is 9.82. The van der Waals surface area contributed by atoms with Crippen molar-refractivity contribution < 1.29 is 5.11 Å². The van der Waals surface area contributed by atoms with Gasteiger partial charge in [0.15, 0.2) is 0 Å². The van der Waals surface area contributed by atoms with Crippen molar-refractivity contribution in [3.05, 3.63) is 29.8 Å². The number of aliphatic hydroxyl groups is 1. The highest BCUT2D eigenvalue weighted by Gasteiger charge is 2.27. The summed E-state index contributed by atoms with van der Waals surface area (Å²) in [4.78, 5) is 2.25. The van der Waals surface area contributed by atoms with Crippen LogP contribution < -0.4 is 10.6 Å². The van der Waals surface area contributed by atoms with Crippen LogP contribution in [0.3, 0.4) is 0 Å². The zero-order valence-electron chi connectivity index (χ0n) is 9.76. The summed E-state index contributed by atoms with van der Waals surface area (Å²) >= 11 is 0. The molecule has 2 rings (SSSR count). The zero-order valence-corrected chi connectivity index (χ0v) is 9.76. The van der Waals surface area contributed by atoms with Gasteiger partial charge in [0, 0.05) is 25.8 Å². The summed E-state index contributed by atoms with van der Waals surface area (Å²) in [5, 5.41) is 9.24. The number of benzene rings is 1. The minimum atomic E-state index is -0.0574. The molecule has 3 heteroatoms. The Morgan fingerprint density at radius 2 is 1.94 bits per heavy atom. The summed E-state index contributed by atoms with van der Waals surface area (Å²) in [5.74, 6) is 0.647. The largest absolute Gasteiger partial charge is 0.393 e. The molecule has 0 atom stereocenters. The van der Waals surface area contributed by atoms with Crippen molar-refractivity contribution in [2.24, 2.45) is 11.7 Å². The maximum atomic E-state index is 9.24. The SMILES string of the molecule is CN(CC1CC(O)C1)c1ccc(CN)cc1. The molecule has 0 amide bonds. The van der Waals surface area contributed by atoms with Crippen molar-refractivity contribution >= 4 is 5.69 Å². The first kappa shape index (κ1) is 11.4. The van der Waals surface area contributed by atoms with E-state index in [4.69, 9.17) is 5.73 Å². The molecule has 1 saturated carbocycles. The van der Waals surface area contributed by atoms with Gasteiger partial charge in [-0.1, -0.05) is 12.1 Å². The molecule has 16 heavy (non-hydrogen) atoms. The Bertz CT molecular complexity index is 330. The third-order valence-corrected chi connectivity index (χ3v) is 3.36. The van der Waals surface area contributed by atoms with Crippen molar-refractivity contribution in [1.82, 2.24) is 0 Å². The average molecular weight is 220 g/mol. The van der Waals surface area contributed by atoms with Gasteiger partial charge in [-0.3, -0.25) is 0 Å². The van der Waals surface area contributed by atoms with Crippen molar-refractivity contribution in [1.29, 1.82) is 0 Å². The van der Waals surface area contributed by atoms with E-state index in [9.17, 15) is 5.11 Å². The van der Waals surface area contributed by atoms with Crippen LogP contribution in [-0.2, 0) is 6.54 Å². The third kappa shape index (κ3) is 2.54. The maximum absolute atomic E-state index is 9.24. The van der Waals surface area contributed by atoms with E-state index in [0.29, 0.717) is 12.5 Å². The van der Waals surface area contributed by atoms with Crippen LogP contribution in [0, 0.1) is 5.92 Å². The zero-order chi connectivity index (χ0) is 11.5. The van der Waals surface area contributed by atoms with Gasteiger partial charge >= 0.3 is 0 Å². The maximum Gasteiger partial charge on any atom is 0.0546 e. The molecule has 0 aromatic heterocycles. The number of nitrogens with two attached hydrogens (primary N) is 1. The summed E-state index contributed by atoms with van der Waals surface area (Å²) in [5.41, 5.74) is 7.95. The summed E-state index contributed by atoms with van der Waals surface area (Å²) in [6, 6.07) is 8.36. The lowest BCUT2D eigenvalue weighted by Gasteiger charge is -2.35. The minimum absolute atomic E-state index is 0.0574. The smallest absolute Gasteiger partial charge is 0.0546 e. The second-order valence-electron chi connectivity index (χ2n) is 4.74. The number of hydrogen-bond acceptors (Lipinski definition) is 3. The predicted molar refractivity (Wildman–Crippen MR) is 66.3 cm³/mol. The molecule has 0 radical (unpaired) electrons. The predicted octanol–water partition coefficient (Wildman–Crippen LogP) is 1.35. The Hall–Kier alpha value is -1.06. The standard InChI is InChI=1S/C13H20N2O/c1-15(9-11-6-13(16)7-11)12-4-2-10(8-14)3-5-12/h2-5,11,13,16H,6-9,14H2,1H3. The first-order valence-electron chi connectivity index (χ1n) is 5.87. The Morgan fingerprint density at radius 3 is 2.44 bits per heavy atom. The Balaban J connectivity index is 1.90. The molecule has 0 saturated heterocycles. The van der Waals surface area contributed by atoms with Crippen LogP contribution in [0.25, 0.3) is 0 Å². The fourth-order valence-electron chi connectivity index (χ4n) is 2.23. The van der Waals surface area contributed by atoms with Crippen LogP contribution in [0.4, 0.5) is 5.69 Å². The lowest BCUT2D eigenvalue weighted by Crippen LogP contribution is -2.37. The topological polar surface area (TPSA) is 49.5 Å². The minimum Gasteiger partial charge on any atom is -0.393 e. The second kappa shape index (κ2) is 4.85. The van der Waals surface area contributed by atoms with Crippen LogP contribution in [0.1, 0.15) is 18.4 Å². The normalized spacial score (nSPS) is 23.9. The molecule has 0 spiro atoms. The Labute approximate surface area is 96.9 Å². The third-order valence-electron chi connectivity index (χ3n) is 3.36. The van der Waals surface area contributed by atoms with Crippen LogP contribution in [-0.4, -0.2) is 24.8 Å². The lowest BCUT2D eigenvalue weighted by molar-refractivity contribution is 0.0465. The summed E-state index contributed by atoms with van der Waals surface area (Å²) in [7, 11) is 2.10. The molecule has 0 aliphatic heterocycles. The van der Waals surface area contributed by atoms with E-state index in [1.54, 1.807) is 0 Å². The van der Waals surface area contributed by atoms with Crippen molar-refractivity contribution in [2.75, 3.05) is 18.5 Å². The van der Waals surface area contributed by atoms with Gasteiger partial charge in [-0.2, -0.15) is 0 Å². The molecule has 0 bridgehead atoms. The van der Waals surface area contributed by atoms with Crippen molar-refractivity contribution in [3.8, 4) is 0 Å². The number of nitrogens with zero attached hydrogens (tertiary/aromatic N) is 1. The van der Waals surface area contributed by atoms with Gasteiger partial charge in [0.2, 0.25) is 0 Å². The van der Waals surface area contributed by atoms with Gasteiger partial charge in [-0.05, 0) is 36.5 Å². The first-order chi connectivity index (χ1) is 7.69. The molecule has 0 heterocycles. The van der Waals surface area contributed by atoms with Gasteiger partial charge in [-0.25, -0.2) is 0 Å². The van der Waals surface area contributed by atoms with Gasteiger partial charge in [0.25, 0.3) is 0 Å². The highest BCUT2D eigenvalue weighted by atomic mass is 16.3. The number of anilines is 1. The Kier molecular flexibility index (Phi) is 3.46. The second-order valence-corrected chi connectivity index (χ2v) is 4.74. The summed E-state index contributed by atoms with van der Waals surface area (Å²) in [6.45, 7) is 1.62. The van der Waals surface area contributed by atoms with Crippen molar-refractivity contribution in [2.45, 2.75) is 25.5 Å². The number of aliphatic hydroxyl groups excluding tert-OH is 1. The molecule has 1 aromatic rings. The molecule has 1 aliphatic rings. The van der Waals surface area contributed by atoms with Crippen LogP contribution in [0.15, 0.2) is 24.3 Å². The fraction of sp³-hybridized carbons (Fsp3) is 0.538. The van der Waals surface area contributed by atoms with Crippen LogP contribution in [0.2, 0.25) is 0 Å². The fourth-order valence-corrected chi connectivity index (χ4v) is 2.23. The molecular formula is C13H20N2O. The molecule has 1 aliphatic carbocycles. The number of hydrogen-bond donors (Lipinski definition) is 2. The van der Waals surface area contributed by atoms with Gasteiger partial charge in [0.1, 0.15) is 0 Å². The van der Waals surface area contributed by atoms with E-state index in [-0.39, 0.29) is 6.10 Å². The van der Waals surface area contributed by atoms with E-state index in [2.05, 4.69) is 36.2 Å². The van der Waals surface area contributed by atoms with Gasteiger partial charge in [0.05, 0.1) is 6.10 Å². The van der Waals surface area contributed by atoms with Gasteiger partial charge in [-0.15, -0.1) is 0 Å². The number of rotatable bonds is 4. The van der Waals surface area contributed by atoms with E-state index in [0.717, 1.165) is 24.9 Å². The molecule has 88 valence electrons. The molecular weight excluding hydrogens is 200 g/mol. The Morgan fingerprint density at radius 1 is 1.31 bits per heavy atom. The van der Waals surface area contributed by atoms with Crippen LogP contribution >= 0.6 is 0 Å². The first-order valence-corrected chi connectivity index (χ1v) is 5.87. The molecule has 1 aromatic carbocycles. The highest BCUT2D eigenvalue weighted by molar-refractivity contribution is 5.46. The van der Waals surface area contributed by atoms with E-state index in [1.807, 2.05) is 0 Å². The quantitative estimate of drug-likeness (QED) is 0.805. The van der Waals surface area contributed by atoms with Crippen molar-refractivity contribution in [3.63, 3.8) is 0 Å². The molecule has 3 N–H and O–H groups in total. The van der Waals surface area contributed by atoms with Gasteiger partial charge < -0.3 is 15.7 Å². The molecule has 0 unspecified atom stereocenters. The summed E-state index contributed by atoms with van der Waals surface area (Å²) < 4.78 is 0. The summed E-state index contributed by atoms with van der Waals surface area (Å²) in [6.07, 6.45) is 1.84. The average Bonchev–Trinajstić information content (AvgIpc) is 2.27. The molecule has 3 nitrogen and oxygen atoms in total. The highest BCUT2D eigenvalue weighted by Crippen LogP contribution is 2.29.